The first-order chi connectivity index (χ1) is 7.99. The third-order valence-electron chi connectivity index (χ3n) is 4.09. The Balaban J connectivity index is 2.08. The molecule has 2 aliphatic rings. The van der Waals surface area contributed by atoms with Crippen molar-refractivity contribution in [1.29, 1.82) is 0 Å². The first kappa shape index (κ1) is 13.2. The van der Waals surface area contributed by atoms with E-state index in [-0.39, 0.29) is 10.2 Å². The molecule has 0 bridgehead atoms. The van der Waals surface area contributed by atoms with Crippen LogP contribution < -0.4 is 5.32 Å². The van der Waals surface area contributed by atoms with Gasteiger partial charge < -0.3 is 10.2 Å². The molecule has 0 saturated carbocycles. The number of nitrogens with zero attached hydrogens (tertiary/aromatic N) is 1. The molecule has 4 heteroatoms. The quantitative estimate of drug-likeness (QED) is 0.816. The van der Waals surface area contributed by atoms with Gasteiger partial charge in [0, 0.05) is 30.1 Å². The number of carbonyl (C=O) groups is 1. The highest BCUT2D eigenvalue weighted by Gasteiger charge is 2.43. The second kappa shape index (κ2) is 4.81. The summed E-state index contributed by atoms with van der Waals surface area (Å²) in [5.74, 6) is 1.46. The number of hydrogen-bond acceptors (Lipinski definition) is 3. The zero-order valence-corrected chi connectivity index (χ0v) is 12.0. The highest BCUT2D eigenvalue weighted by Crippen LogP contribution is 2.36. The van der Waals surface area contributed by atoms with Crippen molar-refractivity contribution in [1.82, 2.24) is 10.2 Å². The van der Waals surface area contributed by atoms with E-state index in [1.165, 1.54) is 0 Å². The van der Waals surface area contributed by atoms with Crippen LogP contribution in [0.1, 0.15) is 33.6 Å². The second-order valence-electron chi connectivity index (χ2n) is 5.90. The first-order valence-electron chi connectivity index (χ1n) is 6.63. The maximum absolute atomic E-state index is 12.7. The van der Waals surface area contributed by atoms with Crippen LogP contribution in [0.25, 0.3) is 0 Å². The molecule has 2 rings (SSSR count). The van der Waals surface area contributed by atoms with Gasteiger partial charge in [-0.15, -0.1) is 0 Å². The van der Waals surface area contributed by atoms with Gasteiger partial charge in [-0.1, -0.05) is 6.92 Å². The summed E-state index contributed by atoms with van der Waals surface area (Å²) >= 11 is 1.98. The van der Waals surface area contributed by atoms with Gasteiger partial charge in [-0.3, -0.25) is 4.79 Å². The van der Waals surface area contributed by atoms with Gasteiger partial charge in [-0.25, -0.2) is 0 Å². The Morgan fingerprint density at radius 3 is 2.76 bits per heavy atom. The summed E-state index contributed by atoms with van der Waals surface area (Å²) in [6.45, 7) is 10.3. The maximum Gasteiger partial charge on any atom is 0.230 e. The van der Waals surface area contributed by atoms with E-state index in [4.69, 9.17) is 0 Å². The smallest absolute Gasteiger partial charge is 0.230 e. The summed E-state index contributed by atoms with van der Waals surface area (Å²) < 4.78 is 0.217. The molecular formula is C13H24N2OS. The molecule has 1 amide bonds. The van der Waals surface area contributed by atoms with Crippen LogP contribution in [0.3, 0.4) is 0 Å². The molecule has 2 aliphatic heterocycles. The van der Waals surface area contributed by atoms with Crippen LogP contribution in [0.15, 0.2) is 0 Å². The average Bonchev–Trinajstić information content (AvgIpc) is 2.76. The van der Waals surface area contributed by atoms with Crippen LogP contribution in [0, 0.1) is 5.41 Å². The van der Waals surface area contributed by atoms with Crippen LogP contribution in [0.4, 0.5) is 0 Å². The maximum atomic E-state index is 12.7. The van der Waals surface area contributed by atoms with E-state index in [0.717, 1.165) is 44.8 Å². The van der Waals surface area contributed by atoms with Crippen LogP contribution in [0.2, 0.25) is 0 Å². The largest absolute Gasteiger partial charge is 0.340 e. The molecule has 0 spiro atoms. The molecule has 0 aromatic carbocycles. The minimum Gasteiger partial charge on any atom is -0.340 e. The molecule has 1 N–H and O–H groups in total. The van der Waals surface area contributed by atoms with Gasteiger partial charge in [-0.05, 0) is 33.2 Å². The van der Waals surface area contributed by atoms with Crippen molar-refractivity contribution in [3.63, 3.8) is 0 Å². The molecule has 1 atom stereocenters. The lowest BCUT2D eigenvalue weighted by molar-refractivity contribution is -0.141. The molecule has 1 unspecified atom stereocenters. The lowest BCUT2D eigenvalue weighted by atomic mass is 9.82. The fraction of sp³-hybridized carbons (Fsp3) is 0.923. The Morgan fingerprint density at radius 2 is 2.24 bits per heavy atom. The van der Waals surface area contributed by atoms with E-state index in [0.29, 0.717) is 5.91 Å². The van der Waals surface area contributed by atoms with E-state index in [1.54, 1.807) is 0 Å². The van der Waals surface area contributed by atoms with Gasteiger partial charge >= 0.3 is 0 Å². The highest BCUT2D eigenvalue weighted by molar-refractivity contribution is 8.00. The second-order valence-corrected chi connectivity index (χ2v) is 7.70. The predicted octanol–water partition coefficient (Wildman–Crippen LogP) is 1.73. The van der Waals surface area contributed by atoms with E-state index < -0.39 is 0 Å². The fourth-order valence-corrected chi connectivity index (χ4v) is 4.02. The topological polar surface area (TPSA) is 32.3 Å². The van der Waals surface area contributed by atoms with E-state index >= 15 is 0 Å². The molecule has 0 radical (unpaired) electrons. The number of amides is 1. The Bertz CT molecular complexity index is 298. The molecule has 2 fully saturated rings. The van der Waals surface area contributed by atoms with Crippen molar-refractivity contribution in [2.75, 3.05) is 31.9 Å². The molecule has 0 aromatic rings. The molecule has 0 aliphatic carbocycles. The van der Waals surface area contributed by atoms with E-state index in [9.17, 15) is 4.79 Å². The SMILES string of the molecule is CCC1(C(=O)N2CCSC(C)(C)C2)CCNC1. The van der Waals surface area contributed by atoms with E-state index in [1.807, 2.05) is 11.8 Å². The lowest BCUT2D eigenvalue weighted by Gasteiger charge is -2.41. The number of carbonyl (C=O) groups excluding carboxylic acids is 1. The molecular weight excluding hydrogens is 232 g/mol. The number of thioether (sulfide) groups is 1. The van der Waals surface area contributed by atoms with Crippen molar-refractivity contribution in [3.8, 4) is 0 Å². The van der Waals surface area contributed by atoms with Crippen LogP contribution in [-0.4, -0.2) is 47.5 Å². The average molecular weight is 256 g/mol. The zero-order chi connectivity index (χ0) is 12.5. The first-order valence-corrected chi connectivity index (χ1v) is 7.62. The van der Waals surface area contributed by atoms with Crippen molar-refractivity contribution in [3.05, 3.63) is 0 Å². The molecule has 0 aromatic heterocycles. The summed E-state index contributed by atoms with van der Waals surface area (Å²) in [5.41, 5.74) is -0.113. The molecule has 98 valence electrons. The minimum atomic E-state index is -0.113. The van der Waals surface area contributed by atoms with Crippen LogP contribution in [-0.2, 0) is 4.79 Å². The minimum absolute atomic E-state index is 0.113. The Kier molecular flexibility index (Phi) is 3.74. The van der Waals surface area contributed by atoms with Gasteiger partial charge in [0.2, 0.25) is 5.91 Å². The van der Waals surface area contributed by atoms with Crippen LogP contribution in [0.5, 0.6) is 0 Å². The third kappa shape index (κ3) is 2.63. The van der Waals surface area contributed by atoms with Gasteiger partial charge in [0.25, 0.3) is 0 Å². The third-order valence-corrected chi connectivity index (χ3v) is 5.38. The van der Waals surface area contributed by atoms with Crippen molar-refractivity contribution >= 4 is 17.7 Å². The Morgan fingerprint density at radius 1 is 1.47 bits per heavy atom. The summed E-state index contributed by atoms with van der Waals surface area (Å²) in [4.78, 5) is 14.8. The lowest BCUT2D eigenvalue weighted by Crippen LogP contribution is -2.52. The molecule has 3 nitrogen and oxygen atoms in total. The Labute approximate surface area is 109 Å². The molecule has 2 heterocycles. The standard InChI is InChI=1S/C13H24N2OS/c1-4-13(5-6-14-9-13)11(16)15-7-8-17-12(2,3)10-15/h14H,4-10H2,1-3H3. The van der Waals surface area contributed by atoms with Crippen molar-refractivity contribution < 1.29 is 4.79 Å². The van der Waals surface area contributed by atoms with Gasteiger partial charge in [-0.2, -0.15) is 11.8 Å². The number of rotatable bonds is 2. The highest BCUT2D eigenvalue weighted by atomic mass is 32.2. The van der Waals surface area contributed by atoms with Crippen molar-refractivity contribution in [2.45, 2.75) is 38.4 Å². The fourth-order valence-electron chi connectivity index (χ4n) is 2.90. The zero-order valence-electron chi connectivity index (χ0n) is 11.2. The van der Waals surface area contributed by atoms with Gasteiger partial charge in [0.15, 0.2) is 0 Å². The van der Waals surface area contributed by atoms with Gasteiger partial charge in [0.1, 0.15) is 0 Å². The number of nitrogens with one attached hydrogen (secondary N) is 1. The molecule has 2 saturated heterocycles. The monoisotopic (exact) mass is 256 g/mol. The summed E-state index contributed by atoms with van der Waals surface area (Å²) in [7, 11) is 0. The van der Waals surface area contributed by atoms with E-state index in [2.05, 4.69) is 31.0 Å². The predicted molar refractivity (Wildman–Crippen MR) is 73.3 cm³/mol. The summed E-state index contributed by atoms with van der Waals surface area (Å²) in [6, 6.07) is 0. The normalized spacial score (nSPS) is 32.8. The van der Waals surface area contributed by atoms with Gasteiger partial charge in [0.05, 0.1) is 5.41 Å². The number of hydrogen-bond donors (Lipinski definition) is 1. The summed E-state index contributed by atoms with van der Waals surface area (Å²) in [6.07, 6.45) is 1.97. The Hall–Kier alpha value is -0.220. The summed E-state index contributed by atoms with van der Waals surface area (Å²) in [5, 5.41) is 3.35. The van der Waals surface area contributed by atoms with Crippen molar-refractivity contribution in [2.24, 2.45) is 5.41 Å². The van der Waals surface area contributed by atoms with Crippen LogP contribution >= 0.6 is 11.8 Å². The molecule has 17 heavy (non-hydrogen) atoms.